The molecule has 1 fully saturated rings. The third-order valence-corrected chi connectivity index (χ3v) is 6.39. The van der Waals surface area contributed by atoms with Crippen molar-refractivity contribution in [3.63, 3.8) is 0 Å². The maximum Gasteiger partial charge on any atom is 0.287 e. The molecule has 1 saturated heterocycles. The third kappa shape index (κ3) is 6.51. The van der Waals surface area contributed by atoms with Gasteiger partial charge in [0.15, 0.2) is 0 Å². The van der Waals surface area contributed by atoms with Gasteiger partial charge in [0.05, 0.1) is 27.9 Å². The zero-order valence-corrected chi connectivity index (χ0v) is 19.4. The first-order chi connectivity index (χ1) is 16.3. The molecule has 2 aromatic heterocycles. The molecule has 2 amide bonds. The van der Waals surface area contributed by atoms with E-state index in [1.165, 1.54) is 36.6 Å². The number of hydrogen-bond donors (Lipinski definition) is 2. The number of thiazole rings is 1. The van der Waals surface area contributed by atoms with Crippen molar-refractivity contribution in [1.82, 2.24) is 25.5 Å². The zero-order valence-electron chi connectivity index (χ0n) is 18.6. The van der Waals surface area contributed by atoms with E-state index in [0.717, 1.165) is 24.0 Å². The van der Waals surface area contributed by atoms with Gasteiger partial charge in [0.25, 0.3) is 11.6 Å². The molecule has 0 spiro atoms. The Morgan fingerprint density at radius 2 is 2.26 bits per heavy atom. The number of nitrogens with zero attached hydrogens (tertiary/aromatic N) is 4. The van der Waals surface area contributed by atoms with Crippen LogP contribution in [0.1, 0.15) is 46.9 Å². The highest BCUT2D eigenvalue weighted by molar-refractivity contribution is 7.09. The van der Waals surface area contributed by atoms with Crippen molar-refractivity contribution >= 4 is 23.2 Å². The van der Waals surface area contributed by atoms with Gasteiger partial charge < -0.3 is 15.5 Å². The molecular formula is C22H25FN6O4S. The monoisotopic (exact) mass is 488 g/mol. The lowest BCUT2D eigenvalue weighted by atomic mass is 10.1. The standard InChI is InChI=1S/C22H25FN6O4S/c1-3-19(29(32)33)14(2)26-20(30)7-10-28-9-6-15(12-28)22-27-18(13-34-22)21(31)25-11-17-16(23)5-4-8-24-17/h3-5,8,13,15H,1,6-7,9-12H2,2H3,(H,25,31)(H,26,30)/b19-14-. The van der Waals surface area contributed by atoms with Gasteiger partial charge in [0, 0.05) is 43.1 Å². The zero-order chi connectivity index (χ0) is 24.7. The summed E-state index contributed by atoms with van der Waals surface area (Å²) < 4.78 is 13.7. The smallest absolute Gasteiger partial charge is 0.287 e. The molecule has 2 N–H and O–H groups in total. The fourth-order valence-corrected chi connectivity index (χ4v) is 4.51. The van der Waals surface area contributed by atoms with Gasteiger partial charge in [0.2, 0.25) is 5.91 Å². The van der Waals surface area contributed by atoms with E-state index in [9.17, 15) is 24.1 Å². The summed E-state index contributed by atoms with van der Waals surface area (Å²) in [6, 6.07) is 2.77. The lowest BCUT2D eigenvalue weighted by Crippen LogP contribution is -2.29. The van der Waals surface area contributed by atoms with Crippen LogP contribution in [0.4, 0.5) is 4.39 Å². The number of aromatic nitrogens is 2. The second-order valence-corrected chi connectivity index (χ2v) is 8.63. The number of pyridine rings is 1. The van der Waals surface area contributed by atoms with E-state index in [0.29, 0.717) is 13.1 Å². The molecule has 0 bridgehead atoms. The second kappa shape index (κ2) is 11.6. The van der Waals surface area contributed by atoms with Crippen molar-refractivity contribution in [2.75, 3.05) is 19.6 Å². The molecule has 34 heavy (non-hydrogen) atoms. The van der Waals surface area contributed by atoms with Crippen LogP contribution in [0.25, 0.3) is 0 Å². The molecular weight excluding hydrogens is 463 g/mol. The molecule has 0 radical (unpaired) electrons. The number of allylic oxidation sites excluding steroid dienone is 2. The van der Waals surface area contributed by atoms with E-state index in [2.05, 4.69) is 32.1 Å². The van der Waals surface area contributed by atoms with E-state index in [4.69, 9.17) is 0 Å². The van der Waals surface area contributed by atoms with E-state index in [-0.39, 0.29) is 47.6 Å². The molecule has 3 heterocycles. The Labute approximate surface area is 199 Å². The van der Waals surface area contributed by atoms with Gasteiger partial charge in [-0.1, -0.05) is 6.58 Å². The number of amides is 2. The summed E-state index contributed by atoms with van der Waals surface area (Å²) in [5, 5.41) is 18.6. The average Bonchev–Trinajstić information content (AvgIpc) is 3.47. The normalized spacial score (nSPS) is 16.6. The fourth-order valence-electron chi connectivity index (χ4n) is 3.58. The molecule has 0 aliphatic carbocycles. The minimum atomic E-state index is -0.590. The second-order valence-electron chi connectivity index (χ2n) is 7.74. The van der Waals surface area contributed by atoms with Crippen molar-refractivity contribution in [1.29, 1.82) is 0 Å². The van der Waals surface area contributed by atoms with Gasteiger partial charge in [-0.05, 0) is 32.0 Å². The van der Waals surface area contributed by atoms with E-state index in [1.54, 1.807) is 5.38 Å². The molecule has 0 aromatic carbocycles. The summed E-state index contributed by atoms with van der Waals surface area (Å²) in [6.07, 6.45) is 3.60. The van der Waals surface area contributed by atoms with Crippen LogP contribution < -0.4 is 10.6 Å². The largest absolute Gasteiger partial charge is 0.345 e. The summed E-state index contributed by atoms with van der Waals surface area (Å²) in [5.74, 6) is -1.03. The van der Waals surface area contributed by atoms with E-state index in [1.807, 2.05) is 0 Å². The molecule has 1 aliphatic rings. The predicted octanol–water partition coefficient (Wildman–Crippen LogP) is 2.60. The fraction of sp³-hybridized carbons (Fsp3) is 0.364. The van der Waals surface area contributed by atoms with Crippen molar-refractivity contribution in [2.24, 2.45) is 0 Å². The Hall–Kier alpha value is -3.51. The molecule has 12 heteroatoms. The first-order valence-corrected chi connectivity index (χ1v) is 11.5. The predicted molar refractivity (Wildman–Crippen MR) is 124 cm³/mol. The molecule has 1 unspecified atom stereocenters. The van der Waals surface area contributed by atoms with Gasteiger partial charge in [-0.15, -0.1) is 11.3 Å². The molecule has 3 rings (SSSR count). The van der Waals surface area contributed by atoms with Crippen molar-refractivity contribution in [2.45, 2.75) is 32.2 Å². The Morgan fingerprint density at radius 1 is 1.47 bits per heavy atom. The molecule has 1 atom stereocenters. The SMILES string of the molecule is C=C/C(=C(\C)NC(=O)CCN1CCC(c2nc(C(=O)NCc3ncccc3F)cs2)C1)[N+](=O)[O-]. The van der Waals surface area contributed by atoms with Gasteiger partial charge in [-0.3, -0.25) is 24.7 Å². The van der Waals surface area contributed by atoms with Crippen molar-refractivity contribution in [3.8, 4) is 0 Å². The van der Waals surface area contributed by atoms with Crippen LogP contribution in [-0.2, 0) is 11.3 Å². The van der Waals surface area contributed by atoms with Crippen LogP contribution in [-0.4, -0.2) is 51.2 Å². The minimum absolute atomic E-state index is 0.0255. The summed E-state index contributed by atoms with van der Waals surface area (Å²) in [5.41, 5.74) is 0.360. The van der Waals surface area contributed by atoms with Crippen LogP contribution >= 0.6 is 11.3 Å². The number of nitro groups is 1. The van der Waals surface area contributed by atoms with Gasteiger partial charge in [-0.25, -0.2) is 9.37 Å². The van der Waals surface area contributed by atoms with Gasteiger partial charge in [-0.2, -0.15) is 0 Å². The first kappa shape index (κ1) is 25.1. The lowest BCUT2D eigenvalue weighted by molar-refractivity contribution is -0.420. The van der Waals surface area contributed by atoms with Crippen molar-refractivity contribution in [3.05, 3.63) is 80.1 Å². The van der Waals surface area contributed by atoms with Gasteiger partial charge >= 0.3 is 0 Å². The summed E-state index contributed by atoms with van der Waals surface area (Å²) in [4.78, 5) is 45.3. The van der Waals surface area contributed by atoms with Crippen LogP contribution in [0, 0.1) is 15.9 Å². The number of rotatable bonds is 10. The molecule has 180 valence electrons. The number of hydrogen-bond acceptors (Lipinski definition) is 8. The first-order valence-electron chi connectivity index (χ1n) is 10.6. The summed E-state index contributed by atoms with van der Waals surface area (Å²) in [6.45, 7) is 6.81. The lowest BCUT2D eigenvalue weighted by Gasteiger charge is -2.15. The Balaban J connectivity index is 1.47. The third-order valence-electron chi connectivity index (χ3n) is 5.38. The highest BCUT2D eigenvalue weighted by Gasteiger charge is 2.27. The molecule has 10 nitrogen and oxygen atoms in total. The maximum atomic E-state index is 13.7. The highest BCUT2D eigenvalue weighted by Crippen LogP contribution is 2.29. The molecule has 0 saturated carbocycles. The number of carbonyl (C=O) groups is 2. The van der Waals surface area contributed by atoms with Crippen LogP contribution in [0.15, 0.2) is 47.8 Å². The maximum absolute atomic E-state index is 13.7. The summed E-state index contributed by atoms with van der Waals surface area (Å²) >= 11 is 1.40. The van der Waals surface area contributed by atoms with E-state index >= 15 is 0 Å². The Bertz CT molecular complexity index is 1120. The van der Waals surface area contributed by atoms with Crippen molar-refractivity contribution < 1.29 is 18.9 Å². The van der Waals surface area contributed by atoms with Gasteiger partial charge in [0.1, 0.15) is 11.5 Å². The topological polar surface area (TPSA) is 130 Å². The Morgan fingerprint density at radius 3 is 2.97 bits per heavy atom. The van der Waals surface area contributed by atoms with Crippen LogP contribution in [0.2, 0.25) is 0 Å². The molecule has 1 aliphatic heterocycles. The number of likely N-dealkylation sites (tertiary alicyclic amines) is 1. The van der Waals surface area contributed by atoms with E-state index < -0.39 is 16.6 Å². The minimum Gasteiger partial charge on any atom is -0.345 e. The Kier molecular flexibility index (Phi) is 8.55. The quantitative estimate of drug-likeness (QED) is 0.299. The van der Waals surface area contributed by atoms with Crippen LogP contribution in [0.5, 0.6) is 0 Å². The number of carbonyl (C=O) groups excluding carboxylic acids is 2. The average molecular weight is 489 g/mol. The number of halogens is 1. The summed E-state index contributed by atoms with van der Waals surface area (Å²) in [7, 11) is 0. The van der Waals surface area contributed by atoms with Crippen LogP contribution in [0.3, 0.4) is 0 Å². The highest BCUT2D eigenvalue weighted by atomic mass is 32.1. The number of nitrogens with one attached hydrogen (secondary N) is 2. The molecule has 2 aromatic rings.